The van der Waals surface area contributed by atoms with Crippen LogP contribution in [0, 0.1) is 5.82 Å². The van der Waals surface area contributed by atoms with Crippen molar-refractivity contribution >= 4 is 57.0 Å². The molecule has 1 saturated heterocycles. The molecule has 0 radical (unpaired) electrons. The van der Waals surface area contributed by atoms with E-state index < -0.39 is 5.82 Å². The Morgan fingerprint density at radius 1 is 1.21 bits per heavy atom. The Hall–Kier alpha value is -2.48. The lowest BCUT2D eigenvalue weighted by Crippen LogP contribution is -2.28. The molecule has 2 aromatic carbocycles. The van der Waals surface area contributed by atoms with Crippen LogP contribution in [0.25, 0.3) is 17.3 Å². The van der Waals surface area contributed by atoms with Crippen LogP contribution >= 0.6 is 34.7 Å². The number of aromatic nitrogens is 1. The third-order valence-electron chi connectivity index (χ3n) is 4.23. The van der Waals surface area contributed by atoms with Gasteiger partial charge >= 0.3 is 0 Å². The molecule has 0 saturated carbocycles. The van der Waals surface area contributed by atoms with E-state index in [1.54, 1.807) is 11.0 Å². The molecular weight excluding hydrogens is 429 g/mol. The maximum atomic E-state index is 14.1. The summed E-state index contributed by atoms with van der Waals surface area (Å²) in [4.78, 5) is 23.8. The molecular formula is C21H15ClFN3OS2. The normalized spacial score (nSPS) is 16.9. The standard InChI is InChI=1S/C21H15ClFN3OS2/c1-2-26-19(27)18(11-14-15(22)9-6-10-16(14)23)29-21(26)25-20-24-17(12-28-20)13-7-4-3-5-8-13/h3-12H,2H2,1H3/b18-11-,25-21+. The molecule has 29 heavy (non-hydrogen) atoms. The summed E-state index contributed by atoms with van der Waals surface area (Å²) in [5.74, 6) is -0.699. The quantitative estimate of drug-likeness (QED) is 0.449. The maximum absolute atomic E-state index is 14.1. The first-order chi connectivity index (χ1) is 14.1. The van der Waals surface area contributed by atoms with Crippen LogP contribution in [0.4, 0.5) is 9.52 Å². The Morgan fingerprint density at radius 2 is 2.00 bits per heavy atom. The molecule has 1 amide bonds. The maximum Gasteiger partial charge on any atom is 0.266 e. The SMILES string of the molecule is CCN1C(=O)/C(=C/c2c(F)cccc2Cl)S/C1=N/c1nc(-c2ccccc2)cs1. The van der Waals surface area contributed by atoms with Crippen LogP contribution < -0.4 is 0 Å². The molecule has 0 unspecified atom stereocenters. The summed E-state index contributed by atoms with van der Waals surface area (Å²) in [6.45, 7) is 2.31. The van der Waals surface area contributed by atoms with E-state index in [2.05, 4.69) is 9.98 Å². The summed E-state index contributed by atoms with van der Waals surface area (Å²) < 4.78 is 14.1. The fraction of sp³-hybridized carbons (Fsp3) is 0.0952. The zero-order chi connectivity index (χ0) is 20.4. The Balaban J connectivity index is 1.65. The summed E-state index contributed by atoms with van der Waals surface area (Å²) in [5.41, 5.74) is 2.04. The van der Waals surface area contributed by atoms with Crippen LogP contribution in [0.3, 0.4) is 0 Å². The van der Waals surface area contributed by atoms with Gasteiger partial charge in [0.2, 0.25) is 5.13 Å². The van der Waals surface area contributed by atoms with Gasteiger partial charge in [-0.2, -0.15) is 4.99 Å². The van der Waals surface area contributed by atoms with Gasteiger partial charge in [0.1, 0.15) is 5.82 Å². The molecule has 0 aliphatic carbocycles. The molecule has 4 rings (SSSR count). The number of hydrogen-bond donors (Lipinski definition) is 0. The molecule has 1 fully saturated rings. The van der Waals surface area contributed by atoms with E-state index in [1.165, 1.54) is 41.3 Å². The number of thiazole rings is 1. The molecule has 4 nitrogen and oxygen atoms in total. The number of carbonyl (C=O) groups excluding carboxylic acids is 1. The lowest BCUT2D eigenvalue weighted by atomic mass is 10.2. The van der Waals surface area contributed by atoms with Crippen molar-refractivity contribution in [3.63, 3.8) is 0 Å². The Kier molecular flexibility index (Phi) is 5.80. The number of likely N-dealkylation sites (N-methyl/N-ethyl adjacent to an activating group) is 1. The number of thioether (sulfide) groups is 1. The number of rotatable bonds is 4. The van der Waals surface area contributed by atoms with E-state index in [-0.39, 0.29) is 16.5 Å². The van der Waals surface area contributed by atoms with Crippen molar-refractivity contribution in [2.24, 2.45) is 4.99 Å². The molecule has 0 N–H and O–H groups in total. The van der Waals surface area contributed by atoms with Gasteiger partial charge in [-0.1, -0.05) is 48.0 Å². The average Bonchev–Trinajstić information content (AvgIpc) is 3.30. The molecule has 2 heterocycles. The van der Waals surface area contributed by atoms with Gasteiger partial charge in [-0.3, -0.25) is 9.69 Å². The topological polar surface area (TPSA) is 45.6 Å². The van der Waals surface area contributed by atoms with Gasteiger partial charge in [-0.05, 0) is 36.9 Å². The predicted octanol–water partition coefficient (Wildman–Crippen LogP) is 6.23. The Morgan fingerprint density at radius 3 is 2.72 bits per heavy atom. The van der Waals surface area contributed by atoms with Crippen LogP contribution in [0.1, 0.15) is 12.5 Å². The molecule has 146 valence electrons. The zero-order valence-electron chi connectivity index (χ0n) is 15.3. The van der Waals surface area contributed by atoms with E-state index >= 15 is 0 Å². The summed E-state index contributed by atoms with van der Waals surface area (Å²) in [6, 6.07) is 14.3. The third-order valence-corrected chi connectivity index (χ3v) is 6.30. The van der Waals surface area contributed by atoms with Crippen LogP contribution in [0.15, 0.2) is 63.8 Å². The fourth-order valence-corrected chi connectivity index (χ4v) is 4.79. The molecule has 1 aromatic heterocycles. The van der Waals surface area contributed by atoms with Gasteiger partial charge in [-0.25, -0.2) is 9.37 Å². The van der Waals surface area contributed by atoms with E-state index in [1.807, 2.05) is 42.6 Å². The number of hydrogen-bond acceptors (Lipinski definition) is 5. The van der Waals surface area contributed by atoms with Crippen molar-refractivity contribution in [1.82, 2.24) is 9.88 Å². The van der Waals surface area contributed by atoms with Gasteiger partial charge in [0.25, 0.3) is 5.91 Å². The number of nitrogens with zero attached hydrogens (tertiary/aromatic N) is 3. The van der Waals surface area contributed by atoms with Crippen LogP contribution in [0.2, 0.25) is 5.02 Å². The van der Waals surface area contributed by atoms with Gasteiger partial charge < -0.3 is 0 Å². The minimum atomic E-state index is -0.473. The highest BCUT2D eigenvalue weighted by Crippen LogP contribution is 2.36. The van der Waals surface area contributed by atoms with Crippen molar-refractivity contribution < 1.29 is 9.18 Å². The predicted molar refractivity (Wildman–Crippen MR) is 119 cm³/mol. The van der Waals surface area contributed by atoms with E-state index in [0.29, 0.717) is 21.7 Å². The highest BCUT2D eigenvalue weighted by atomic mass is 35.5. The lowest BCUT2D eigenvalue weighted by Gasteiger charge is -2.11. The minimum Gasteiger partial charge on any atom is -0.287 e. The first-order valence-corrected chi connectivity index (χ1v) is 10.9. The number of carbonyl (C=O) groups is 1. The smallest absolute Gasteiger partial charge is 0.266 e. The highest BCUT2D eigenvalue weighted by Gasteiger charge is 2.33. The molecule has 0 spiro atoms. The fourth-order valence-electron chi connectivity index (χ4n) is 2.79. The summed E-state index contributed by atoms with van der Waals surface area (Å²) in [5, 5.41) is 3.27. The van der Waals surface area contributed by atoms with E-state index in [4.69, 9.17) is 11.6 Å². The molecule has 0 atom stereocenters. The van der Waals surface area contributed by atoms with Gasteiger partial charge in [0.05, 0.1) is 15.6 Å². The second-order valence-corrected chi connectivity index (χ2v) is 8.32. The number of amidine groups is 1. The van der Waals surface area contributed by atoms with Crippen LogP contribution in [-0.4, -0.2) is 27.5 Å². The van der Waals surface area contributed by atoms with Crippen LogP contribution in [0.5, 0.6) is 0 Å². The van der Waals surface area contributed by atoms with Gasteiger partial charge in [-0.15, -0.1) is 11.3 Å². The van der Waals surface area contributed by atoms with E-state index in [0.717, 1.165) is 11.3 Å². The summed E-state index contributed by atoms with van der Waals surface area (Å²) >= 11 is 8.69. The Labute approximate surface area is 180 Å². The zero-order valence-corrected chi connectivity index (χ0v) is 17.7. The lowest BCUT2D eigenvalue weighted by molar-refractivity contribution is -0.122. The Bertz CT molecular complexity index is 1110. The van der Waals surface area contributed by atoms with E-state index in [9.17, 15) is 9.18 Å². The number of amides is 1. The second-order valence-electron chi connectivity index (χ2n) is 6.07. The van der Waals surface area contributed by atoms with Crippen molar-refractivity contribution in [1.29, 1.82) is 0 Å². The molecule has 0 bridgehead atoms. The first kappa shape index (κ1) is 19.8. The summed E-state index contributed by atoms with van der Waals surface area (Å²) in [7, 11) is 0. The van der Waals surface area contributed by atoms with Crippen molar-refractivity contribution in [3.05, 3.63) is 75.2 Å². The first-order valence-electron chi connectivity index (χ1n) is 8.82. The molecule has 8 heteroatoms. The highest BCUT2D eigenvalue weighted by molar-refractivity contribution is 8.18. The molecule has 1 aliphatic rings. The van der Waals surface area contributed by atoms with Crippen molar-refractivity contribution in [2.45, 2.75) is 6.92 Å². The molecule has 3 aromatic rings. The largest absolute Gasteiger partial charge is 0.287 e. The number of aliphatic imine (C=N–C) groups is 1. The van der Waals surface area contributed by atoms with Gasteiger partial charge in [0, 0.05) is 23.1 Å². The minimum absolute atomic E-state index is 0.197. The second kappa shape index (κ2) is 8.49. The summed E-state index contributed by atoms with van der Waals surface area (Å²) in [6.07, 6.45) is 1.48. The number of halogens is 2. The van der Waals surface area contributed by atoms with Crippen LogP contribution in [-0.2, 0) is 4.79 Å². The molecule has 1 aliphatic heterocycles. The van der Waals surface area contributed by atoms with Crippen molar-refractivity contribution in [3.8, 4) is 11.3 Å². The third kappa shape index (κ3) is 4.12. The average molecular weight is 444 g/mol. The monoisotopic (exact) mass is 443 g/mol. The van der Waals surface area contributed by atoms with Crippen molar-refractivity contribution in [2.75, 3.05) is 6.54 Å². The van der Waals surface area contributed by atoms with Gasteiger partial charge in [0.15, 0.2) is 5.17 Å². The number of benzene rings is 2.